The van der Waals surface area contributed by atoms with E-state index in [0.29, 0.717) is 29.8 Å². The van der Waals surface area contributed by atoms with Crippen molar-refractivity contribution in [1.82, 2.24) is 14.8 Å². The normalized spacial score (nSPS) is 14.0. The average molecular weight is 599 g/mol. The van der Waals surface area contributed by atoms with Gasteiger partial charge >= 0.3 is 0 Å². The molecule has 1 saturated heterocycles. The summed E-state index contributed by atoms with van der Waals surface area (Å²) in [5.74, 6) is -1.04. The van der Waals surface area contributed by atoms with Crippen LogP contribution in [0.4, 0.5) is 4.39 Å². The number of carbonyl (C=O) groups is 3. The number of fused-ring (bicyclic) bond motifs is 4. The maximum Gasteiger partial charge on any atom is 0.254 e. The molecule has 1 aromatic heterocycles. The second kappa shape index (κ2) is 11.3. The van der Waals surface area contributed by atoms with Crippen molar-refractivity contribution in [1.29, 1.82) is 0 Å². The summed E-state index contributed by atoms with van der Waals surface area (Å²) in [5.41, 5.74) is 11.3. The lowest BCUT2D eigenvalue weighted by Crippen LogP contribution is -2.47. The number of amides is 2. The highest BCUT2D eigenvalue weighted by Crippen LogP contribution is 2.40. The fourth-order valence-corrected chi connectivity index (χ4v) is 6.45. The topological polar surface area (TPSA) is 99.5 Å². The molecule has 1 aliphatic heterocycles. The Morgan fingerprint density at radius 2 is 1.49 bits per heavy atom. The van der Waals surface area contributed by atoms with E-state index in [-0.39, 0.29) is 18.1 Å². The van der Waals surface area contributed by atoms with Crippen LogP contribution in [0.25, 0.3) is 43.7 Å². The molecule has 2 amide bonds. The van der Waals surface area contributed by atoms with E-state index in [1.54, 1.807) is 6.07 Å². The largest absolute Gasteiger partial charge is 0.369 e. The molecule has 7 nitrogen and oxygen atoms in total. The van der Waals surface area contributed by atoms with E-state index in [1.165, 1.54) is 24.3 Å². The first-order valence-corrected chi connectivity index (χ1v) is 14.9. The minimum atomic E-state index is -0.442. The van der Waals surface area contributed by atoms with Crippen LogP contribution in [0.5, 0.6) is 0 Å². The van der Waals surface area contributed by atoms with Crippen molar-refractivity contribution in [2.45, 2.75) is 6.42 Å². The Labute approximate surface area is 259 Å². The molecule has 7 rings (SSSR count). The summed E-state index contributed by atoms with van der Waals surface area (Å²) in [5, 5.41) is 3.48. The molecule has 0 saturated carbocycles. The summed E-state index contributed by atoms with van der Waals surface area (Å²) in [6.45, 7) is 3.03. The first kappa shape index (κ1) is 28.4. The van der Waals surface area contributed by atoms with Gasteiger partial charge in [-0.05, 0) is 70.9 Å². The molecule has 0 unspecified atom stereocenters. The predicted molar refractivity (Wildman–Crippen MR) is 175 cm³/mol. The zero-order valence-electron chi connectivity index (χ0n) is 24.8. The minimum Gasteiger partial charge on any atom is -0.369 e. The number of nitrogens with two attached hydrogens (primary N) is 1. The number of primary amides is 1. The highest BCUT2D eigenvalue weighted by atomic mass is 19.1. The van der Waals surface area contributed by atoms with E-state index < -0.39 is 11.7 Å². The van der Waals surface area contributed by atoms with Crippen LogP contribution in [-0.2, 0) is 11.2 Å². The Bertz CT molecular complexity index is 2140. The van der Waals surface area contributed by atoms with Crippen LogP contribution in [-0.4, -0.2) is 65.6 Å². The van der Waals surface area contributed by atoms with Gasteiger partial charge in [0.05, 0.1) is 11.9 Å². The number of piperazine rings is 1. The fourth-order valence-electron chi connectivity index (χ4n) is 6.45. The smallest absolute Gasteiger partial charge is 0.254 e. The number of benzene rings is 5. The number of carbonyl (C=O) groups excluding carboxylic acids is 3. The van der Waals surface area contributed by atoms with Crippen LogP contribution in [0.1, 0.15) is 31.8 Å². The Morgan fingerprint density at radius 3 is 2.24 bits per heavy atom. The number of H-pyrrole nitrogens is 1. The van der Waals surface area contributed by atoms with Crippen molar-refractivity contribution in [3.8, 4) is 11.1 Å². The van der Waals surface area contributed by atoms with Crippen LogP contribution in [0.15, 0.2) is 91.0 Å². The average Bonchev–Trinajstić information content (AvgIpc) is 3.44. The van der Waals surface area contributed by atoms with Crippen molar-refractivity contribution >= 4 is 50.2 Å². The van der Waals surface area contributed by atoms with Crippen LogP contribution in [0.3, 0.4) is 0 Å². The molecule has 0 aliphatic carbocycles. The number of nitrogens with zero attached hydrogens (tertiary/aromatic N) is 2. The molecule has 224 valence electrons. The van der Waals surface area contributed by atoms with Crippen molar-refractivity contribution in [2.24, 2.45) is 5.73 Å². The van der Waals surface area contributed by atoms with E-state index in [4.69, 9.17) is 5.73 Å². The van der Waals surface area contributed by atoms with Gasteiger partial charge in [0, 0.05) is 59.2 Å². The number of ketones is 1. The van der Waals surface area contributed by atoms with Crippen LogP contribution >= 0.6 is 0 Å². The summed E-state index contributed by atoms with van der Waals surface area (Å²) in [6.07, 6.45) is 0.0581. The van der Waals surface area contributed by atoms with Gasteiger partial charge in [-0.2, -0.15) is 0 Å². The van der Waals surface area contributed by atoms with Gasteiger partial charge < -0.3 is 20.5 Å². The van der Waals surface area contributed by atoms with Crippen LogP contribution < -0.4 is 5.73 Å². The summed E-state index contributed by atoms with van der Waals surface area (Å²) in [6, 6.07) is 26.6. The number of likely N-dealkylation sites (N-methyl/N-ethyl adjacent to an activating group) is 1. The SMILES string of the molecule is CN1CCN(C(=O)c2ccc3c(c2)[nH]c2c(CC(N)=O)ccc(-c4cccc5c(C(=O)c6ccc(F)cc6)cccc45)c23)CC1. The van der Waals surface area contributed by atoms with Gasteiger partial charge in [-0.25, -0.2) is 4.39 Å². The first-order valence-electron chi connectivity index (χ1n) is 14.9. The van der Waals surface area contributed by atoms with E-state index in [0.717, 1.165) is 62.4 Å². The summed E-state index contributed by atoms with van der Waals surface area (Å²) in [7, 11) is 2.06. The molecule has 5 aromatic carbocycles. The molecular weight excluding hydrogens is 567 g/mol. The van der Waals surface area contributed by atoms with Crippen molar-refractivity contribution in [3.05, 3.63) is 119 Å². The zero-order chi connectivity index (χ0) is 31.2. The van der Waals surface area contributed by atoms with Gasteiger partial charge in [0.15, 0.2) is 5.78 Å². The van der Waals surface area contributed by atoms with Gasteiger partial charge in [-0.1, -0.05) is 54.6 Å². The fraction of sp³-hybridized carbons (Fsp3) is 0.162. The Kier molecular flexibility index (Phi) is 7.14. The van der Waals surface area contributed by atoms with E-state index in [9.17, 15) is 18.8 Å². The number of halogens is 1. The quantitative estimate of drug-likeness (QED) is 0.232. The predicted octanol–water partition coefficient (Wildman–Crippen LogP) is 5.93. The molecule has 0 atom stereocenters. The molecule has 6 aromatic rings. The molecule has 1 aliphatic rings. The maximum atomic E-state index is 13.6. The highest BCUT2D eigenvalue weighted by Gasteiger charge is 2.23. The Morgan fingerprint density at radius 1 is 0.778 bits per heavy atom. The van der Waals surface area contributed by atoms with E-state index >= 15 is 0 Å². The molecule has 3 N–H and O–H groups in total. The number of nitrogens with one attached hydrogen (secondary N) is 1. The second-order valence-electron chi connectivity index (χ2n) is 11.7. The van der Waals surface area contributed by atoms with E-state index in [2.05, 4.69) is 16.9 Å². The van der Waals surface area contributed by atoms with Gasteiger partial charge in [0.2, 0.25) is 5.91 Å². The van der Waals surface area contributed by atoms with Crippen LogP contribution in [0.2, 0.25) is 0 Å². The molecule has 0 bridgehead atoms. The highest BCUT2D eigenvalue weighted by molar-refractivity contribution is 6.21. The third-order valence-corrected chi connectivity index (χ3v) is 8.81. The van der Waals surface area contributed by atoms with Crippen molar-refractivity contribution in [3.63, 3.8) is 0 Å². The summed E-state index contributed by atoms with van der Waals surface area (Å²) in [4.78, 5) is 46.6. The molecule has 2 heterocycles. The summed E-state index contributed by atoms with van der Waals surface area (Å²) >= 11 is 0. The van der Waals surface area contributed by atoms with E-state index in [1.807, 2.05) is 65.6 Å². The van der Waals surface area contributed by atoms with Gasteiger partial charge in [-0.3, -0.25) is 14.4 Å². The lowest BCUT2D eigenvalue weighted by atomic mass is 9.90. The van der Waals surface area contributed by atoms with Crippen molar-refractivity contribution in [2.75, 3.05) is 33.2 Å². The van der Waals surface area contributed by atoms with Gasteiger partial charge in [0.1, 0.15) is 5.82 Å². The zero-order valence-corrected chi connectivity index (χ0v) is 24.8. The van der Waals surface area contributed by atoms with Crippen molar-refractivity contribution < 1.29 is 18.8 Å². The van der Waals surface area contributed by atoms with Crippen LogP contribution in [0, 0.1) is 5.82 Å². The Hall–Kier alpha value is -5.34. The molecule has 0 radical (unpaired) electrons. The monoisotopic (exact) mass is 598 g/mol. The Balaban J connectivity index is 1.39. The van der Waals surface area contributed by atoms with Gasteiger partial charge in [-0.15, -0.1) is 0 Å². The molecular formula is C37H31FN4O3. The number of aromatic nitrogens is 1. The maximum absolute atomic E-state index is 13.6. The third-order valence-electron chi connectivity index (χ3n) is 8.81. The molecule has 45 heavy (non-hydrogen) atoms. The first-order chi connectivity index (χ1) is 21.8. The lowest BCUT2D eigenvalue weighted by Gasteiger charge is -2.32. The minimum absolute atomic E-state index is 0.00589. The standard InChI is InChI=1S/C37H31FN4O3/c1-41-16-18-42(19-17-41)37(45)24-11-15-31-32(20-24)40-35-23(21-33(39)43)10-14-29(34(31)35)27-5-2-6-28-26(27)4-3-7-30(28)36(44)22-8-12-25(38)13-9-22/h2-15,20,40H,16-19,21H2,1H3,(H2,39,43). The lowest BCUT2D eigenvalue weighted by molar-refractivity contribution is -0.117. The molecule has 1 fully saturated rings. The number of aromatic amines is 1. The second-order valence-corrected chi connectivity index (χ2v) is 11.7. The third kappa shape index (κ3) is 5.13. The number of rotatable bonds is 6. The molecule has 0 spiro atoms. The van der Waals surface area contributed by atoms with Gasteiger partial charge in [0.25, 0.3) is 5.91 Å². The number of hydrogen-bond donors (Lipinski definition) is 2. The summed E-state index contributed by atoms with van der Waals surface area (Å²) < 4.78 is 13.6. The molecule has 8 heteroatoms. The number of hydrogen-bond acceptors (Lipinski definition) is 4.